The molecule has 0 saturated carbocycles. The molecule has 0 rings (SSSR count). The molecule has 0 amide bonds. The van der Waals surface area contributed by atoms with Gasteiger partial charge in [-0.25, -0.2) is 0 Å². The van der Waals surface area contributed by atoms with Gasteiger partial charge in [-0.3, -0.25) is 24.2 Å². The highest BCUT2D eigenvalue weighted by Gasteiger charge is 2.24. The zero-order valence-corrected chi connectivity index (χ0v) is 13.3. The Labute approximate surface area is 125 Å². The maximum Gasteiger partial charge on any atom is 0.317 e. The predicted octanol–water partition coefficient (Wildman–Crippen LogP) is 0.395. The van der Waals surface area contributed by atoms with E-state index < -0.39 is 17.4 Å². The molecule has 0 aromatic carbocycles. The quantitative estimate of drug-likeness (QED) is 0.602. The third-order valence-electron chi connectivity index (χ3n) is 3.10. The van der Waals surface area contributed by atoms with Gasteiger partial charge in [0.15, 0.2) is 5.78 Å². The van der Waals surface area contributed by atoms with Gasteiger partial charge in [0.1, 0.15) is 0 Å². The molecule has 0 bridgehead atoms. The van der Waals surface area contributed by atoms with Gasteiger partial charge in [0, 0.05) is 18.5 Å². The third-order valence-corrected chi connectivity index (χ3v) is 3.10. The number of ketones is 1. The van der Waals surface area contributed by atoms with Crippen LogP contribution in [0.2, 0.25) is 0 Å². The summed E-state index contributed by atoms with van der Waals surface area (Å²) in [6.45, 7) is 8.25. The minimum Gasteiger partial charge on any atom is -0.480 e. The van der Waals surface area contributed by atoms with E-state index in [0.29, 0.717) is 19.6 Å². The molecule has 0 aliphatic carbocycles. The van der Waals surface area contributed by atoms with Crippen LogP contribution in [0.15, 0.2) is 0 Å². The van der Waals surface area contributed by atoms with Crippen molar-refractivity contribution in [1.29, 1.82) is 0 Å². The van der Waals surface area contributed by atoms with Crippen molar-refractivity contribution in [3.8, 4) is 0 Å². The third kappa shape index (κ3) is 9.14. The number of rotatable bonds is 10. The van der Waals surface area contributed by atoms with Crippen LogP contribution in [-0.2, 0) is 14.4 Å². The molecule has 2 N–H and O–H groups in total. The van der Waals surface area contributed by atoms with Crippen molar-refractivity contribution in [2.75, 3.05) is 39.3 Å². The van der Waals surface area contributed by atoms with Crippen LogP contribution in [-0.4, -0.2) is 77.0 Å². The Balaban J connectivity index is 4.58. The number of carboxylic acid groups (broad SMARTS) is 2. The van der Waals surface area contributed by atoms with Crippen molar-refractivity contribution >= 4 is 17.7 Å². The van der Waals surface area contributed by atoms with Crippen LogP contribution >= 0.6 is 0 Å². The Morgan fingerprint density at radius 3 is 1.67 bits per heavy atom. The minimum absolute atomic E-state index is 0.0370. The van der Waals surface area contributed by atoms with Crippen LogP contribution in [0.25, 0.3) is 0 Å². The summed E-state index contributed by atoms with van der Waals surface area (Å²) in [5, 5.41) is 17.7. The summed E-state index contributed by atoms with van der Waals surface area (Å²) in [6, 6.07) is 0. The van der Waals surface area contributed by atoms with Crippen LogP contribution in [0.1, 0.15) is 27.7 Å². The lowest BCUT2D eigenvalue weighted by Crippen LogP contribution is -2.43. The maximum absolute atomic E-state index is 12.0. The van der Waals surface area contributed by atoms with Gasteiger partial charge in [-0.1, -0.05) is 27.7 Å². The number of Topliss-reactive ketones (excluding diaryl/α,β-unsaturated/α-hetero) is 1. The number of likely N-dealkylation sites (N-methyl/N-ethyl adjacent to an activating group) is 1. The molecule has 0 aliphatic rings. The highest BCUT2D eigenvalue weighted by Crippen LogP contribution is 2.15. The fourth-order valence-corrected chi connectivity index (χ4v) is 1.67. The van der Waals surface area contributed by atoms with Gasteiger partial charge in [0.25, 0.3) is 0 Å². The van der Waals surface area contributed by atoms with E-state index in [1.54, 1.807) is 30.6 Å². The molecule has 0 aliphatic heterocycles. The first kappa shape index (κ1) is 19.5. The molecule has 0 atom stereocenters. The smallest absolute Gasteiger partial charge is 0.317 e. The summed E-state index contributed by atoms with van der Waals surface area (Å²) in [6.07, 6.45) is 0. The summed E-state index contributed by atoms with van der Waals surface area (Å²) in [7, 11) is 0. The number of carbonyl (C=O) groups excluding carboxylic acids is 1. The van der Waals surface area contributed by atoms with Crippen LogP contribution in [0.5, 0.6) is 0 Å². The molecule has 0 radical (unpaired) electrons. The summed E-state index contributed by atoms with van der Waals surface area (Å²) in [5.41, 5.74) is -0.526. The molecule has 21 heavy (non-hydrogen) atoms. The van der Waals surface area contributed by atoms with Crippen molar-refractivity contribution < 1.29 is 24.6 Å². The number of carboxylic acids is 2. The van der Waals surface area contributed by atoms with Gasteiger partial charge >= 0.3 is 11.9 Å². The maximum atomic E-state index is 12.0. The molecular formula is C14H26N2O5. The first-order valence-electron chi connectivity index (χ1n) is 6.97. The van der Waals surface area contributed by atoms with Crippen LogP contribution in [0, 0.1) is 5.41 Å². The monoisotopic (exact) mass is 302 g/mol. The Hall–Kier alpha value is -1.47. The molecule has 0 spiro atoms. The van der Waals surface area contributed by atoms with E-state index in [1.165, 1.54) is 0 Å². The molecule has 122 valence electrons. The second kappa shape index (κ2) is 8.74. The number of hydrogen-bond acceptors (Lipinski definition) is 5. The zero-order chi connectivity index (χ0) is 16.6. The lowest BCUT2D eigenvalue weighted by Gasteiger charge is -2.27. The van der Waals surface area contributed by atoms with Crippen LogP contribution in [0.3, 0.4) is 0 Å². The van der Waals surface area contributed by atoms with Gasteiger partial charge in [0.05, 0.1) is 19.6 Å². The average molecular weight is 302 g/mol. The largest absolute Gasteiger partial charge is 0.480 e. The molecule has 0 aromatic heterocycles. The van der Waals surface area contributed by atoms with Gasteiger partial charge in [-0.2, -0.15) is 0 Å². The van der Waals surface area contributed by atoms with Gasteiger partial charge in [0.2, 0.25) is 0 Å². The molecular weight excluding hydrogens is 276 g/mol. The van der Waals surface area contributed by atoms with E-state index in [0.717, 1.165) is 0 Å². The Morgan fingerprint density at radius 2 is 1.29 bits per heavy atom. The second-order valence-electron chi connectivity index (χ2n) is 6.04. The molecule has 7 nitrogen and oxygen atoms in total. The van der Waals surface area contributed by atoms with E-state index in [1.807, 2.05) is 6.92 Å². The first-order valence-corrected chi connectivity index (χ1v) is 6.97. The molecule has 0 saturated heterocycles. The number of hydrogen-bond donors (Lipinski definition) is 2. The highest BCUT2D eigenvalue weighted by atomic mass is 16.4. The Kier molecular flexibility index (Phi) is 8.12. The lowest BCUT2D eigenvalue weighted by atomic mass is 9.90. The molecule has 7 heteroatoms. The highest BCUT2D eigenvalue weighted by molar-refractivity contribution is 5.86. The predicted molar refractivity (Wildman–Crippen MR) is 78.3 cm³/mol. The number of aliphatic carboxylic acids is 2. The molecule has 0 heterocycles. The van der Waals surface area contributed by atoms with Gasteiger partial charge in [-0.05, 0) is 6.54 Å². The summed E-state index contributed by atoms with van der Waals surface area (Å²) in [5.74, 6) is -1.96. The number of carbonyl (C=O) groups is 3. The first-order chi connectivity index (χ1) is 9.56. The SMILES string of the molecule is CCN(CCN(CC(=O)O)CC(=O)C(C)(C)C)CC(=O)O. The van der Waals surface area contributed by atoms with E-state index in [4.69, 9.17) is 10.2 Å². The zero-order valence-electron chi connectivity index (χ0n) is 13.3. The molecule has 0 fully saturated rings. The standard InChI is InChI=1S/C14H26N2O5/c1-5-15(9-12(18)19)6-7-16(10-13(20)21)8-11(17)14(2,3)4/h5-10H2,1-4H3,(H,18,19)(H,20,21). The Morgan fingerprint density at radius 1 is 0.857 bits per heavy atom. The normalized spacial score (nSPS) is 11.9. The minimum atomic E-state index is -1.00. The lowest BCUT2D eigenvalue weighted by molar-refractivity contribution is -0.141. The van der Waals surface area contributed by atoms with E-state index >= 15 is 0 Å². The van der Waals surface area contributed by atoms with Crippen molar-refractivity contribution in [3.05, 3.63) is 0 Å². The number of nitrogens with zero attached hydrogens (tertiary/aromatic N) is 2. The van der Waals surface area contributed by atoms with Gasteiger partial charge < -0.3 is 10.2 Å². The summed E-state index contributed by atoms with van der Waals surface area (Å²) >= 11 is 0. The van der Waals surface area contributed by atoms with Crippen molar-refractivity contribution in [2.45, 2.75) is 27.7 Å². The van der Waals surface area contributed by atoms with Gasteiger partial charge in [-0.15, -0.1) is 0 Å². The van der Waals surface area contributed by atoms with Crippen LogP contribution in [0.4, 0.5) is 0 Å². The fourth-order valence-electron chi connectivity index (χ4n) is 1.67. The van der Waals surface area contributed by atoms with Crippen molar-refractivity contribution in [3.63, 3.8) is 0 Å². The molecule has 0 unspecified atom stereocenters. The Bertz CT molecular complexity index is 376. The van der Waals surface area contributed by atoms with Crippen molar-refractivity contribution in [1.82, 2.24) is 9.80 Å². The molecule has 0 aromatic rings. The average Bonchev–Trinajstić information content (AvgIpc) is 2.31. The van der Waals surface area contributed by atoms with Crippen LogP contribution < -0.4 is 0 Å². The fraction of sp³-hybridized carbons (Fsp3) is 0.786. The second-order valence-corrected chi connectivity index (χ2v) is 6.04. The summed E-state index contributed by atoms with van der Waals surface area (Å²) in [4.78, 5) is 36.8. The topological polar surface area (TPSA) is 98.2 Å². The van der Waals surface area contributed by atoms with E-state index in [-0.39, 0.29) is 25.4 Å². The van der Waals surface area contributed by atoms with E-state index in [9.17, 15) is 14.4 Å². The summed E-state index contributed by atoms with van der Waals surface area (Å²) < 4.78 is 0. The van der Waals surface area contributed by atoms with E-state index in [2.05, 4.69) is 0 Å². The van der Waals surface area contributed by atoms with Crippen molar-refractivity contribution in [2.24, 2.45) is 5.41 Å².